The molecule has 0 radical (unpaired) electrons. The van der Waals surface area contributed by atoms with Crippen molar-refractivity contribution in [3.05, 3.63) is 28.8 Å². The zero-order valence-electron chi connectivity index (χ0n) is 12.2. The SMILES string of the molecule is CCCOc1cnc2c(c1)ncc(=O)n2[C@H]1C[C@@](C)(O)C1. The molecule has 0 atom stereocenters. The van der Waals surface area contributed by atoms with Crippen LogP contribution >= 0.6 is 0 Å². The summed E-state index contributed by atoms with van der Waals surface area (Å²) in [5, 5.41) is 9.88. The van der Waals surface area contributed by atoms with Crippen LogP contribution in [0.15, 0.2) is 23.3 Å². The minimum absolute atomic E-state index is 0.0205. The average Bonchev–Trinajstić information content (AvgIpc) is 2.42. The number of nitrogens with zero attached hydrogens (tertiary/aromatic N) is 3. The van der Waals surface area contributed by atoms with Crippen molar-refractivity contribution in [1.82, 2.24) is 14.5 Å². The first-order valence-corrected chi connectivity index (χ1v) is 7.22. The number of ether oxygens (including phenoxy) is 1. The van der Waals surface area contributed by atoms with E-state index in [-0.39, 0.29) is 11.6 Å². The maximum absolute atomic E-state index is 12.1. The Morgan fingerprint density at radius 2 is 2.19 bits per heavy atom. The van der Waals surface area contributed by atoms with Gasteiger partial charge in [-0.2, -0.15) is 0 Å². The number of aromatic nitrogens is 3. The second-order valence-electron chi connectivity index (χ2n) is 5.89. The van der Waals surface area contributed by atoms with Gasteiger partial charge in [0.15, 0.2) is 5.65 Å². The van der Waals surface area contributed by atoms with Gasteiger partial charge in [0, 0.05) is 12.1 Å². The van der Waals surface area contributed by atoms with Gasteiger partial charge < -0.3 is 9.84 Å². The Bertz CT molecular complexity index is 716. The third-order valence-electron chi connectivity index (χ3n) is 3.79. The molecule has 3 rings (SSSR count). The zero-order valence-corrected chi connectivity index (χ0v) is 12.2. The van der Waals surface area contributed by atoms with Gasteiger partial charge in [-0.3, -0.25) is 9.36 Å². The van der Waals surface area contributed by atoms with Gasteiger partial charge in [-0.25, -0.2) is 9.97 Å². The van der Waals surface area contributed by atoms with Crippen LogP contribution in [0.1, 0.15) is 39.2 Å². The van der Waals surface area contributed by atoms with E-state index in [0.717, 1.165) is 6.42 Å². The van der Waals surface area contributed by atoms with Crippen LogP contribution in [-0.2, 0) is 0 Å². The fourth-order valence-electron chi connectivity index (χ4n) is 2.79. The molecule has 0 amide bonds. The van der Waals surface area contributed by atoms with Crippen molar-refractivity contribution < 1.29 is 9.84 Å². The smallest absolute Gasteiger partial charge is 0.270 e. The zero-order chi connectivity index (χ0) is 15.0. The number of rotatable bonds is 4. The second kappa shape index (κ2) is 5.11. The fraction of sp³-hybridized carbons (Fsp3) is 0.533. The van der Waals surface area contributed by atoms with Crippen LogP contribution in [0, 0.1) is 0 Å². The van der Waals surface area contributed by atoms with E-state index >= 15 is 0 Å². The van der Waals surface area contributed by atoms with Crippen molar-refractivity contribution in [3.63, 3.8) is 0 Å². The molecule has 21 heavy (non-hydrogen) atoms. The van der Waals surface area contributed by atoms with E-state index in [1.165, 1.54) is 6.20 Å². The third kappa shape index (κ3) is 2.63. The molecule has 0 aromatic carbocycles. The lowest BCUT2D eigenvalue weighted by Gasteiger charge is -2.41. The summed E-state index contributed by atoms with van der Waals surface area (Å²) >= 11 is 0. The van der Waals surface area contributed by atoms with Crippen molar-refractivity contribution in [3.8, 4) is 5.75 Å². The van der Waals surface area contributed by atoms with Crippen LogP contribution in [0.5, 0.6) is 5.75 Å². The normalized spacial score (nSPS) is 24.8. The summed E-state index contributed by atoms with van der Waals surface area (Å²) in [7, 11) is 0. The third-order valence-corrected chi connectivity index (χ3v) is 3.79. The van der Waals surface area contributed by atoms with Gasteiger partial charge in [0.1, 0.15) is 11.3 Å². The van der Waals surface area contributed by atoms with E-state index in [9.17, 15) is 9.90 Å². The van der Waals surface area contributed by atoms with Crippen LogP contribution in [0.4, 0.5) is 0 Å². The average molecular weight is 289 g/mol. The monoisotopic (exact) mass is 289 g/mol. The standard InChI is InChI=1S/C15H19N3O3/c1-3-4-21-11-5-12-14(17-8-11)18(13(19)9-16-12)10-6-15(2,20)7-10/h5,8-10,20H,3-4,6-7H2,1-2H3/t10-,15+. The van der Waals surface area contributed by atoms with Gasteiger partial charge >= 0.3 is 0 Å². The highest BCUT2D eigenvalue weighted by molar-refractivity contribution is 5.71. The minimum Gasteiger partial charge on any atom is -0.492 e. The predicted octanol–water partition coefficient (Wildman–Crippen LogP) is 1.67. The summed E-state index contributed by atoms with van der Waals surface area (Å²) < 4.78 is 7.17. The van der Waals surface area contributed by atoms with Crippen LogP contribution in [0.2, 0.25) is 0 Å². The Morgan fingerprint density at radius 3 is 2.86 bits per heavy atom. The largest absolute Gasteiger partial charge is 0.492 e. The van der Waals surface area contributed by atoms with Crippen molar-refractivity contribution in [2.24, 2.45) is 0 Å². The molecule has 1 N–H and O–H groups in total. The van der Waals surface area contributed by atoms with Crippen molar-refractivity contribution in [1.29, 1.82) is 0 Å². The van der Waals surface area contributed by atoms with Gasteiger partial charge in [0.05, 0.1) is 24.6 Å². The minimum atomic E-state index is -0.691. The maximum Gasteiger partial charge on any atom is 0.270 e. The molecule has 0 unspecified atom stereocenters. The van der Waals surface area contributed by atoms with Crippen LogP contribution in [-0.4, -0.2) is 31.8 Å². The molecule has 2 aromatic heterocycles. The number of pyridine rings is 1. The first-order valence-electron chi connectivity index (χ1n) is 7.22. The molecule has 0 aliphatic heterocycles. The van der Waals surface area contributed by atoms with Gasteiger partial charge in [0.25, 0.3) is 5.56 Å². The molecule has 0 bridgehead atoms. The highest BCUT2D eigenvalue weighted by Crippen LogP contribution is 2.40. The Kier molecular flexibility index (Phi) is 3.41. The highest BCUT2D eigenvalue weighted by atomic mass is 16.5. The topological polar surface area (TPSA) is 77.2 Å². The molecule has 0 saturated heterocycles. The summed E-state index contributed by atoms with van der Waals surface area (Å²) in [5.41, 5.74) is 0.309. The first-order chi connectivity index (χ1) is 10.00. The quantitative estimate of drug-likeness (QED) is 0.926. The summed E-state index contributed by atoms with van der Waals surface area (Å²) in [6.45, 7) is 4.44. The van der Waals surface area contributed by atoms with Gasteiger partial charge in [-0.05, 0) is 26.2 Å². The number of hydrogen-bond donors (Lipinski definition) is 1. The second-order valence-corrected chi connectivity index (χ2v) is 5.89. The number of aliphatic hydroxyl groups is 1. The Balaban J connectivity index is 2.00. The van der Waals surface area contributed by atoms with Gasteiger partial charge in [-0.1, -0.05) is 6.92 Å². The lowest BCUT2D eigenvalue weighted by molar-refractivity contribution is -0.0507. The van der Waals surface area contributed by atoms with E-state index in [1.807, 2.05) is 6.92 Å². The Labute approximate surface area is 122 Å². The predicted molar refractivity (Wildman–Crippen MR) is 78.5 cm³/mol. The summed E-state index contributed by atoms with van der Waals surface area (Å²) in [6, 6.07) is 1.78. The van der Waals surface area contributed by atoms with E-state index in [2.05, 4.69) is 9.97 Å². The van der Waals surface area contributed by atoms with Crippen molar-refractivity contribution >= 4 is 11.2 Å². The molecule has 2 heterocycles. The molecule has 112 valence electrons. The lowest BCUT2D eigenvalue weighted by Crippen LogP contribution is -2.45. The van der Waals surface area contributed by atoms with Gasteiger partial charge in [-0.15, -0.1) is 0 Å². The molecule has 1 saturated carbocycles. The molecular formula is C15H19N3O3. The van der Waals surface area contributed by atoms with E-state index in [1.54, 1.807) is 23.8 Å². The molecule has 6 nitrogen and oxygen atoms in total. The summed E-state index contributed by atoms with van der Waals surface area (Å²) in [5.74, 6) is 0.655. The summed E-state index contributed by atoms with van der Waals surface area (Å²) in [4.78, 5) is 20.6. The molecular weight excluding hydrogens is 270 g/mol. The van der Waals surface area contributed by atoms with Gasteiger partial charge in [0.2, 0.25) is 0 Å². The molecule has 1 fully saturated rings. The Morgan fingerprint density at radius 1 is 1.43 bits per heavy atom. The number of hydrogen-bond acceptors (Lipinski definition) is 5. The molecule has 6 heteroatoms. The van der Waals surface area contributed by atoms with Crippen LogP contribution < -0.4 is 10.3 Å². The van der Waals surface area contributed by atoms with E-state index < -0.39 is 5.60 Å². The maximum atomic E-state index is 12.1. The molecule has 1 aliphatic carbocycles. The molecule has 0 spiro atoms. The number of fused-ring (bicyclic) bond motifs is 1. The molecule has 2 aromatic rings. The van der Waals surface area contributed by atoms with Crippen LogP contribution in [0.3, 0.4) is 0 Å². The Hall–Kier alpha value is -1.95. The summed E-state index contributed by atoms with van der Waals surface area (Å²) in [6.07, 6.45) is 4.96. The van der Waals surface area contributed by atoms with Crippen LogP contribution in [0.25, 0.3) is 11.2 Å². The van der Waals surface area contributed by atoms with E-state index in [4.69, 9.17) is 4.74 Å². The molecule has 1 aliphatic rings. The van der Waals surface area contributed by atoms with Crippen molar-refractivity contribution in [2.45, 2.75) is 44.8 Å². The lowest BCUT2D eigenvalue weighted by atomic mass is 9.77. The van der Waals surface area contributed by atoms with E-state index in [0.29, 0.717) is 36.4 Å². The fourth-order valence-corrected chi connectivity index (χ4v) is 2.79. The highest BCUT2D eigenvalue weighted by Gasteiger charge is 2.40. The first kappa shape index (κ1) is 14.0. The van der Waals surface area contributed by atoms with Crippen molar-refractivity contribution in [2.75, 3.05) is 6.61 Å².